The smallest absolute Gasteiger partial charge is 0.341 e. The van der Waals surface area contributed by atoms with Crippen molar-refractivity contribution in [2.24, 2.45) is 5.73 Å². The molecule has 1 unspecified atom stereocenters. The van der Waals surface area contributed by atoms with Crippen LogP contribution >= 0.6 is 0 Å². The molecule has 0 aliphatic carbocycles. The third-order valence-corrected chi connectivity index (χ3v) is 4.24. The van der Waals surface area contributed by atoms with Crippen molar-refractivity contribution in [3.8, 4) is 0 Å². The number of pyridine rings is 1. The van der Waals surface area contributed by atoms with E-state index in [2.05, 4.69) is 5.43 Å². The normalized spacial score (nSPS) is 18.2. The van der Waals surface area contributed by atoms with Gasteiger partial charge in [-0.25, -0.2) is 14.2 Å². The summed E-state index contributed by atoms with van der Waals surface area (Å²) >= 11 is 0. The number of anilines is 1. The average Bonchev–Trinajstić information content (AvgIpc) is 2.94. The lowest BCUT2D eigenvalue weighted by molar-refractivity contribution is 0.0695. The van der Waals surface area contributed by atoms with Gasteiger partial charge in [0.05, 0.1) is 11.2 Å². The number of aryl methyl sites for hydroxylation is 1. The number of nitrogens with one attached hydrogen (secondary N) is 1. The van der Waals surface area contributed by atoms with Gasteiger partial charge in [0.25, 0.3) is 0 Å². The minimum atomic E-state index is -1.32. The lowest BCUT2D eigenvalue weighted by Gasteiger charge is -2.20. The van der Waals surface area contributed by atoms with Crippen LogP contribution in [0.4, 0.5) is 10.1 Å². The summed E-state index contributed by atoms with van der Waals surface area (Å²) in [6.45, 7) is 3.59. The maximum atomic E-state index is 14.4. The summed E-state index contributed by atoms with van der Waals surface area (Å²) < 4.78 is 16.0. The average molecular weight is 334 g/mol. The van der Waals surface area contributed by atoms with E-state index in [0.717, 1.165) is 12.5 Å². The van der Waals surface area contributed by atoms with Crippen LogP contribution in [-0.4, -0.2) is 39.8 Å². The minimum Gasteiger partial charge on any atom is -0.477 e. The molecule has 1 fully saturated rings. The van der Waals surface area contributed by atoms with Gasteiger partial charge in [-0.3, -0.25) is 4.79 Å². The maximum absolute atomic E-state index is 14.4. The van der Waals surface area contributed by atoms with Crippen molar-refractivity contribution in [1.82, 2.24) is 9.58 Å². The lowest BCUT2D eigenvalue weighted by atomic mass is 10.1. The molecule has 1 aromatic carbocycles. The zero-order chi connectivity index (χ0) is 17.4. The number of carbonyl (C=O) groups is 1. The summed E-state index contributed by atoms with van der Waals surface area (Å²) in [6.07, 6.45) is 2.12. The Morgan fingerprint density at radius 1 is 1.50 bits per heavy atom. The third kappa shape index (κ3) is 2.85. The van der Waals surface area contributed by atoms with Crippen LogP contribution in [0.2, 0.25) is 0 Å². The van der Waals surface area contributed by atoms with Crippen LogP contribution in [0.1, 0.15) is 23.7 Å². The topological polar surface area (TPSA) is 101 Å². The van der Waals surface area contributed by atoms with Gasteiger partial charge in [0.2, 0.25) is 5.43 Å². The molecule has 1 atom stereocenters. The van der Waals surface area contributed by atoms with Crippen LogP contribution in [-0.2, 0) is 6.54 Å². The summed E-state index contributed by atoms with van der Waals surface area (Å²) in [5.74, 6) is -1.93. The van der Waals surface area contributed by atoms with E-state index in [1.807, 2.05) is 11.9 Å². The van der Waals surface area contributed by atoms with Crippen LogP contribution in [0.3, 0.4) is 0 Å². The molecule has 2 aromatic rings. The number of hydrogen-bond donors (Lipinski definition) is 3. The Labute approximate surface area is 137 Å². The summed E-state index contributed by atoms with van der Waals surface area (Å²) in [5.41, 5.74) is 8.50. The van der Waals surface area contributed by atoms with Crippen molar-refractivity contribution in [3.05, 3.63) is 39.9 Å². The van der Waals surface area contributed by atoms with Gasteiger partial charge in [-0.15, -0.1) is 0 Å². The van der Waals surface area contributed by atoms with E-state index in [9.17, 15) is 14.0 Å². The molecule has 7 nitrogen and oxygen atoms in total. The second-order valence-electron chi connectivity index (χ2n) is 5.92. The molecular formula is C16H19FN4O3. The molecule has 1 aliphatic rings. The molecule has 1 saturated heterocycles. The monoisotopic (exact) mass is 334 g/mol. The van der Waals surface area contributed by atoms with E-state index in [1.54, 1.807) is 4.57 Å². The van der Waals surface area contributed by atoms with Crippen molar-refractivity contribution in [2.45, 2.75) is 25.9 Å². The number of nitrogens with two attached hydrogens (primary N) is 1. The summed E-state index contributed by atoms with van der Waals surface area (Å²) in [7, 11) is 0. The van der Waals surface area contributed by atoms with Gasteiger partial charge in [0, 0.05) is 37.3 Å². The first-order chi connectivity index (χ1) is 11.4. The summed E-state index contributed by atoms with van der Waals surface area (Å²) in [5, 5.41) is 11.0. The van der Waals surface area contributed by atoms with Gasteiger partial charge in [0.15, 0.2) is 0 Å². The predicted octanol–water partition coefficient (Wildman–Crippen LogP) is 1.22. The number of carboxylic acid groups (broad SMARTS) is 1. The van der Waals surface area contributed by atoms with E-state index in [1.165, 1.54) is 12.3 Å². The van der Waals surface area contributed by atoms with Crippen LogP contribution in [0, 0.1) is 5.82 Å². The molecule has 0 amide bonds. The van der Waals surface area contributed by atoms with E-state index in [-0.39, 0.29) is 22.7 Å². The third-order valence-electron chi connectivity index (χ3n) is 4.24. The summed E-state index contributed by atoms with van der Waals surface area (Å²) in [4.78, 5) is 23.5. The first kappa shape index (κ1) is 16.4. The predicted molar refractivity (Wildman–Crippen MR) is 88.6 cm³/mol. The molecule has 4 N–H and O–H groups in total. The largest absolute Gasteiger partial charge is 0.477 e. The fraction of sp³-hybridized carbons (Fsp3) is 0.375. The highest BCUT2D eigenvalue weighted by atomic mass is 19.1. The first-order valence-electron chi connectivity index (χ1n) is 7.78. The fourth-order valence-corrected chi connectivity index (χ4v) is 2.97. The molecule has 24 heavy (non-hydrogen) atoms. The van der Waals surface area contributed by atoms with Gasteiger partial charge >= 0.3 is 5.97 Å². The molecular weight excluding hydrogens is 315 g/mol. The molecule has 1 aliphatic heterocycles. The zero-order valence-electron chi connectivity index (χ0n) is 13.3. The number of fused-ring (bicyclic) bond motifs is 1. The molecule has 8 heteroatoms. The number of rotatable bonds is 4. The fourth-order valence-electron chi connectivity index (χ4n) is 2.97. The molecule has 128 valence electrons. The quantitative estimate of drug-likeness (QED) is 0.777. The first-order valence-corrected chi connectivity index (χ1v) is 7.78. The van der Waals surface area contributed by atoms with Gasteiger partial charge in [0.1, 0.15) is 11.4 Å². The maximum Gasteiger partial charge on any atom is 0.341 e. The van der Waals surface area contributed by atoms with Gasteiger partial charge in [-0.1, -0.05) is 0 Å². The SMILES string of the molecule is CCn1cc(C(=O)O)c(=O)c2cc(F)c(NN3CCC(N)C3)cc21. The molecule has 1 aromatic heterocycles. The number of benzene rings is 1. The van der Waals surface area contributed by atoms with E-state index < -0.39 is 17.2 Å². The number of hydrazine groups is 1. The second-order valence-corrected chi connectivity index (χ2v) is 5.92. The van der Waals surface area contributed by atoms with Crippen molar-refractivity contribution < 1.29 is 14.3 Å². The van der Waals surface area contributed by atoms with Crippen LogP contribution in [0.25, 0.3) is 10.9 Å². The lowest BCUT2D eigenvalue weighted by Crippen LogP contribution is -2.31. The number of hydrogen-bond acceptors (Lipinski definition) is 5. The number of aromatic nitrogens is 1. The Kier molecular flexibility index (Phi) is 4.25. The molecule has 0 bridgehead atoms. The number of halogens is 1. The Hall–Kier alpha value is -2.45. The van der Waals surface area contributed by atoms with Gasteiger partial charge in [-0.2, -0.15) is 0 Å². The van der Waals surface area contributed by atoms with Crippen LogP contribution in [0.15, 0.2) is 23.1 Å². The van der Waals surface area contributed by atoms with Gasteiger partial charge in [-0.05, 0) is 25.5 Å². The Morgan fingerprint density at radius 3 is 2.83 bits per heavy atom. The Bertz CT molecular complexity index is 865. The zero-order valence-corrected chi connectivity index (χ0v) is 13.3. The highest BCUT2D eigenvalue weighted by Gasteiger charge is 2.21. The standard InChI is InChI=1S/C16H19FN4O3/c1-2-20-8-11(16(23)24)15(22)10-5-12(17)13(6-14(10)20)19-21-4-3-9(18)7-21/h5-6,8-9,19H,2-4,7,18H2,1H3,(H,23,24). The number of nitrogens with zero attached hydrogens (tertiary/aromatic N) is 2. The van der Waals surface area contributed by atoms with Crippen molar-refractivity contribution in [1.29, 1.82) is 0 Å². The molecule has 0 radical (unpaired) electrons. The molecule has 0 saturated carbocycles. The minimum absolute atomic E-state index is 0.0490. The van der Waals surface area contributed by atoms with Crippen molar-refractivity contribution >= 4 is 22.6 Å². The van der Waals surface area contributed by atoms with Crippen molar-refractivity contribution in [3.63, 3.8) is 0 Å². The Balaban J connectivity index is 2.11. The van der Waals surface area contributed by atoms with Crippen LogP contribution in [0.5, 0.6) is 0 Å². The Morgan fingerprint density at radius 2 is 2.25 bits per heavy atom. The van der Waals surface area contributed by atoms with E-state index >= 15 is 0 Å². The number of aromatic carboxylic acids is 1. The summed E-state index contributed by atoms with van der Waals surface area (Å²) in [6, 6.07) is 2.67. The highest BCUT2D eigenvalue weighted by Crippen LogP contribution is 2.23. The second kappa shape index (κ2) is 6.21. The van der Waals surface area contributed by atoms with Gasteiger partial charge < -0.3 is 20.8 Å². The molecule has 2 heterocycles. The highest BCUT2D eigenvalue weighted by molar-refractivity contribution is 5.93. The van der Waals surface area contributed by atoms with Crippen molar-refractivity contribution in [2.75, 3.05) is 18.5 Å². The molecule has 0 spiro atoms. The van der Waals surface area contributed by atoms with E-state index in [4.69, 9.17) is 10.8 Å². The number of carboxylic acids is 1. The van der Waals surface area contributed by atoms with E-state index in [0.29, 0.717) is 25.2 Å². The molecule has 3 rings (SSSR count). The van der Waals surface area contributed by atoms with Crippen LogP contribution < -0.4 is 16.6 Å².